The maximum absolute atomic E-state index is 11.2. The molecule has 4 nitrogen and oxygen atoms in total. The van der Waals surface area contributed by atoms with Gasteiger partial charge in [-0.15, -0.1) is 47.0 Å². The van der Waals surface area contributed by atoms with Gasteiger partial charge in [0.15, 0.2) is 0 Å². The molecule has 0 N–H and O–H groups in total. The third-order valence-electron chi connectivity index (χ3n) is 4.10. The van der Waals surface area contributed by atoms with Crippen molar-refractivity contribution in [1.29, 1.82) is 0 Å². The summed E-state index contributed by atoms with van der Waals surface area (Å²) < 4.78 is 11.3. The molecule has 0 saturated heterocycles. The topological polar surface area (TPSA) is 52.6 Å². The molecular weight excluding hydrogens is 432 g/mol. The lowest BCUT2D eigenvalue weighted by Crippen LogP contribution is -2.03. The van der Waals surface area contributed by atoms with Gasteiger partial charge >= 0.3 is 11.9 Å². The maximum Gasteiger partial charge on any atom is 0.330 e. The molecular formula is C20H26O4S4. The second kappa shape index (κ2) is 12.1. The number of esters is 2. The molecule has 0 aromatic carbocycles. The molecule has 0 aromatic rings. The number of unbranched alkanes of at least 4 members (excludes halogenated alkanes) is 1. The van der Waals surface area contributed by atoms with E-state index in [1.807, 2.05) is 47.0 Å². The predicted octanol–water partition coefficient (Wildman–Crippen LogP) is 6.08. The highest BCUT2D eigenvalue weighted by Crippen LogP contribution is 2.49. The Balaban J connectivity index is 1.60. The van der Waals surface area contributed by atoms with Gasteiger partial charge in [0.05, 0.1) is 9.16 Å². The number of hydrogen-bond donors (Lipinski definition) is 0. The molecule has 28 heavy (non-hydrogen) atoms. The van der Waals surface area contributed by atoms with Gasteiger partial charge in [-0.2, -0.15) is 0 Å². The third-order valence-corrected chi connectivity index (χ3v) is 10.1. The Hall–Kier alpha value is -0.700. The zero-order valence-corrected chi connectivity index (χ0v) is 19.5. The number of allylic oxidation sites excluding steroid dienone is 2. The van der Waals surface area contributed by atoms with E-state index >= 15 is 0 Å². The van der Waals surface area contributed by atoms with E-state index in [9.17, 15) is 9.59 Å². The fraction of sp³-hybridized carbons (Fsp3) is 0.500. The second-order valence-electron chi connectivity index (χ2n) is 6.20. The summed E-state index contributed by atoms with van der Waals surface area (Å²) in [5, 5.41) is 0. The molecule has 2 aliphatic rings. The quantitative estimate of drug-likeness (QED) is 0.210. The molecule has 154 valence electrons. The minimum atomic E-state index is -0.372. The van der Waals surface area contributed by atoms with E-state index in [1.165, 1.54) is 34.8 Å². The van der Waals surface area contributed by atoms with Crippen LogP contribution < -0.4 is 0 Å². The van der Waals surface area contributed by atoms with Crippen LogP contribution in [0.2, 0.25) is 0 Å². The highest BCUT2D eigenvalue weighted by molar-refractivity contribution is 8.23. The van der Waals surface area contributed by atoms with Gasteiger partial charge in [-0.3, -0.25) is 0 Å². The predicted molar refractivity (Wildman–Crippen MR) is 124 cm³/mol. The Morgan fingerprint density at radius 1 is 0.821 bits per heavy atom. The summed E-state index contributed by atoms with van der Waals surface area (Å²) in [6.45, 7) is 11.7. The van der Waals surface area contributed by atoms with E-state index in [0.29, 0.717) is 22.4 Å². The largest absolute Gasteiger partial charge is 0.457 e. The standard InChI is InChI=1S/C20H26O4S4/c1-5-17(21)23-11-15-13(3)25-19(27-15)9-7-8-10-20-26-14(4)16(28-20)12-24-18(22)6-2/h5-6,19-20H,1-2,7-12H2,3-4H3. The second-order valence-corrected chi connectivity index (χ2v) is 12.2. The number of rotatable bonds is 11. The molecule has 2 heterocycles. The molecule has 0 aromatic heterocycles. The molecule has 0 saturated carbocycles. The van der Waals surface area contributed by atoms with Crippen molar-refractivity contribution < 1.29 is 19.1 Å². The van der Waals surface area contributed by atoms with Crippen LogP contribution in [0.1, 0.15) is 39.5 Å². The lowest BCUT2D eigenvalue weighted by molar-refractivity contribution is -0.137. The van der Waals surface area contributed by atoms with Gasteiger partial charge in [-0.25, -0.2) is 9.59 Å². The monoisotopic (exact) mass is 458 g/mol. The van der Waals surface area contributed by atoms with Crippen molar-refractivity contribution in [2.24, 2.45) is 0 Å². The minimum Gasteiger partial charge on any atom is -0.457 e. The van der Waals surface area contributed by atoms with Crippen LogP contribution in [-0.4, -0.2) is 34.3 Å². The number of carbonyl (C=O) groups excluding carboxylic acids is 2. The Labute approximate surface area is 184 Å². The van der Waals surface area contributed by atoms with Crippen molar-refractivity contribution in [2.75, 3.05) is 13.2 Å². The van der Waals surface area contributed by atoms with Crippen LogP contribution in [0.5, 0.6) is 0 Å². The third kappa shape index (κ3) is 7.61. The first-order valence-corrected chi connectivity index (χ1v) is 12.6. The molecule has 0 aliphatic carbocycles. The fourth-order valence-corrected chi connectivity index (χ4v) is 8.63. The average molecular weight is 459 g/mol. The zero-order valence-electron chi connectivity index (χ0n) is 16.2. The molecule has 2 unspecified atom stereocenters. The summed E-state index contributed by atoms with van der Waals surface area (Å²) in [6, 6.07) is 0. The van der Waals surface area contributed by atoms with Crippen LogP contribution >= 0.6 is 47.0 Å². The number of ether oxygens (including phenoxy) is 2. The van der Waals surface area contributed by atoms with Crippen LogP contribution in [0.3, 0.4) is 0 Å². The lowest BCUT2D eigenvalue weighted by atomic mass is 10.2. The maximum atomic E-state index is 11.2. The molecule has 0 fully saturated rings. The van der Waals surface area contributed by atoms with E-state index in [1.54, 1.807) is 0 Å². The smallest absolute Gasteiger partial charge is 0.330 e. The van der Waals surface area contributed by atoms with Crippen molar-refractivity contribution >= 4 is 59.0 Å². The van der Waals surface area contributed by atoms with Crippen LogP contribution in [0.25, 0.3) is 0 Å². The number of carbonyl (C=O) groups is 2. The SMILES string of the molecule is C=CC(=O)OCC1=C(C)SC(CCCCC2SC(C)=C(COC(=O)C=C)S2)S1. The van der Waals surface area contributed by atoms with Crippen LogP contribution in [0.4, 0.5) is 0 Å². The summed E-state index contributed by atoms with van der Waals surface area (Å²) in [6.07, 6.45) is 7.03. The van der Waals surface area contributed by atoms with Gasteiger partial charge in [0.1, 0.15) is 13.2 Å². The van der Waals surface area contributed by atoms with Crippen molar-refractivity contribution in [2.45, 2.75) is 48.7 Å². The summed E-state index contributed by atoms with van der Waals surface area (Å²) in [4.78, 5) is 27.3. The molecule has 0 radical (unpaired) electrons. The van der Waals surface area contributed by atoms with Gasteiger partial charge in [0.2, 0.25) is 0 Å². The van der Waals surface area contributed by atoms with E-state index in [0.717, 1.165) is 22.7 Å². The van der Waals surface area contributed by atoms with Gasteiger partial charge in [-0.1, -0.05) is 26.0 Å². The van der Waals surface area contributed by atoms with Gasteiger partial charge in [0.25, 0.3) is 0 Å². The molecule has 0 spiro atoms. The molecule has 0 bridgehead atoms. The minimum absolute atomic E-state index is 0.352. The van der Waals surface area contributed by atoms with Crippen molar-refractivity contribution in [3.05, 3.63) is 44.9 Å². The first-order chi connectivity index (χ1) is 13.4. The first kappa shape index (κ1) is 23.6. The highest BCUT2D eigenvalue weighted by Gasteiger charge is 2.26. The highest BCUT2D eigenvalue weighted by atomic mass is 32.2. The normalized spacial score (nSPS) is 21.8. The molecule has 2 atom stereocenters. The van der Waals surface area contributed by atoms with E-state index in [-0.39, 0.29) is 11.9 Å². The Kier molecular flexibility index (Phi) is 10.2. The van der Waals surface area contributed by atoms with E-state index < -0.39 is 0 Å². The molecule has 2 aliphatic heterocycles. The van der Waals surface area contributed by atoms with Gasteiger partial charge < -0.3 is 9.47 Å². The summed E-state index contributed by atoms with van der Waals surface area (Å²) >= 11 is 7.40. The van der Waals surface area contributed by atoms with Crippen LogP contribution in [-0.2, 0) is 19.1 Å². The van der Waals surface area contributed by atoms with Crippen molar-refractivity contribution in [3.63, 3.8) is 0 Å². The van der Waals surface area contributed by atoms with Crippen LogP contribution in [0.15, 0.2) is 44.9 Å². The van der Waals surface area contributed by atoms with Crippen LogP contribution in [0, 0.1) is 0 Å². The Morgan fingerprint density at radius 2 is 1.21 bits per heavy atom. The number of thioether (sulfide) groups is 4. The number of hydrogen-bond acceptors (Lipinski definition) is 8. The summed E-state index contributed by atoms with van der Waals surface area (Å²) in [7, 11) is 0. The average Bonchev–Trinajstić information content (AvgIpc) is 3.22. The van der Waals surface area contributed by atoms with E-state index in [4.69, 9.17) is 9.47 Å². The molecule has 8 heteroatoms. The summed E-state index contributed by atoms with van der Waals surface area (Å²) in [5.74, 6) is -0.744. The zero-order chi connectivity index (χ0) is 20.5. The fourth-order valence-electron chi connectivity index (χ4n) is 2.58. The Bertz CT molecular complexity index is 626. The molecule has 0 amide bonds. The van der Waals surface area contributed by atoms with Crippen molar-refractivity contribution in [3.8, 4) is 0 Å². The first-order valence-electron chi connectivity index (χ1n) is 9.07. The van der Waals surface area contributed by atoms with Crippen molar-refractivity contribution in [1.82, 2.24) is 0 Å². The Morgan fingerprint density at radius 3 is 1.57 bits per heavy atom. The van der Waals surface area contributed by atoms with Gasteiger partial charge in [0, 0.05) is 22.0 Å². The van der Waals surface area contributed by atoms with Gasteiger partial charge in [-0.05, 0) is 36.5 Å². The van der Waals surface area contributed by atoms with E-state index in [2.05, 4.69) is 27.0 Å². The lowest BCUT2D eigenvalue weighted by Gasteiger charge is -2.11. The molecule has 2 rings (SSSR count). The summed E-state index contributed by atoms with van der Waals surface area (Å²) in [5.41, 5.74) is 0.